The second kappa shape index (κ2) is 10.6. The van der Waals surface area contributed by atoms with Gasteiger partial charge in [0.1, 0.15) is 5.82 Å². The molecule has 4 aromatic rings. The molecule has 1 fully saturated rings. The first-order chi connectivity index (χ1) is 17.5. The molecule has 0 radical (unpaired) electrons. The van der Waals surface area contributed by atoms with Crippen LogP contribution in [0.5, 0.6) is 0 Å². The summed E-state index contributed by atoms with van der Waals surface area (Å²) in [4.78, 5) is 19.3. The Balaban J connectivity index is 1.45. The van der Waals surface area contributed by atoms with Gasteiger partial charge in [0.15, 0.2) is 5.11 Å². The molecule has 2 aromatic heterocycles. The van der Waals surface area contributed by atoms with Gasteiger partial charge in [0, 0.05) is 41.2 Å². The number of hydrogen-bond acceptors (Lipinski definition) is 3. The maximum atomic E-state index is 14.0. The number of anilines is 1. The Morgan fingerprint density at radius 3 is 2.69 bits per heavy atom. The van der Waals surface area contributed by atoms with Crippen LogP contribution in [0.15, 0.2) is 95.7 Å². The van der Waals surface area contributed by atoms with Gasteiger partial charge in [0.25, 0.3) is 0 Å². The molecular weight excluding hydrogens is 541 g/mol. The highest BCUT2D eigenvalue weighted by atomic mass is 79.9. The number of amides is 1. The van der Waals surface area contributed by atoms with Gasteiger partial charge in [0.05, 0.1) is 23.5 Å². The number of para-hydroxylation sites is 1. The summed E-state index contributed by atoms with van der Waals surface area (Å²) in [6.45, 7) is 0.351. The second-order valence-electron chi connectivity index (χ2n) is 8.38. The van der Waals surface area contributed by atoms with Crippen molar-refractivity contribution >= 4 is 44.9 Å². The number of benzene rings is 2. The maximum Gasteiger partial charge on any atom is 0.226 e. The van der Waals surface area contributed by atoms with E-state index in [1.54, 1.807) is 24.4 Å². The van der Waals surface area contributed by atoms with Crippen LogP contribution in [0, 0.1) is 5.82 Å². The van der Waals surface area contributed by atoms with Crippen LogP contribution in [0.4, 0.5) is 10.1 Å². The topological polar surface area (TPSA) is 62.2 Å². The van der Waals surface area contributed by atoms with Crippen LogP contribution in [0.3, 0.4) is 0 Å². The molecule has 182 valence electrons. The highest BCUT2D eigenvalue weighted by Gasteiger charge is 2.41. The quantitative estimate of drug-likeness (QED) is 0.279. The Bertz CT molecular complexity index is 1400. The minimum atomic E-state index is -0.468. The van der Waals surface area contributed by atoms with Crippen molar-refractivity contribution in [1.29, 1.82) is 0 Å². The Morgan fingerprint density at radius 1 is 1.08 bits per heavy atom. The van der Waals surface area contributed by atoms with Gasteiger partial charge >= 0.3 is 0 Å². The molecule has 5 rings (SSSR count). The highest BCUT2D eigenvalue weighted by molar-refractivity contribution is 9.10. The zero-order chi connectivity index (χ0) is 25.1. The van der Waals surface area contributed by atoms with Crippen molar-refractivity contribution in [3.63, 3.8) is 0 Å². The average Bonchev–Trinajstić information content (AvgIpc) is 3.49. The van der Waals surface area contributed by atoms with Gasteiger partial charge in [-0.05, 0) is 66.8 Å². The first-order valence-corrected chi connectivity index (χ1v) is 12.7. The van der Waals surface area contributed by atoms with Gasteiger partial charge in [-0.2, -0.15) is 0 Å². The predicted molar refractivity (Wildman–Crippen MR) is 145 cm³/mol. The van der Waals surface area contributed by atoms with Crippen molar-refractivity contribution in [2.75, 3.05) is 11.9 Å². The summed E-state index contributed by atoms with van der Waals surface area (Å²) in [6, 6.07) is 23.6. The number of rotatable bonds is 7. The summed E-state index contributed by atoms with van der Waals surface area (Å²) in [5.41, 5.74) is 3.02. The largest absolute Gasteiger partial charge is 0.352 e. The first kappa shape index (κ1) is 24.1. The molecule has 1 amide bonds. The summed E-state index contributed by atoms with van der Waals surface area (Å²) in [5.74, 6) is -0.755. The zero-order valence-corrected chi connectivity index (χ0v) is 21.5. The molecule has 2 aromatic carbocycles. The lowest BCUT2D eigenvalue weighted by molar-refractivity contribution is -0.116. The zero-order valence-electron chi connectivity index (χ0n) is 19.1. The van der Waals surface area contributed by atoms with E-state index in [0.29, 0.717) is 11.7 Å². The molecule has 0 saturated carbocycles. The second-order valence-corrected chi connectivity index (χ2v) is 9.68. The first-order valence-electron chi connectivity index (χ1n) is 11.5. The lowest BCUT2D eigenvalue weighted by Gasteiger charge is -2.29. The van der Waals surface area contributed by atoms with E-state index in [4.69, 9.17) is 12.2 Å². The van der Waals surface area contributed by atoms with Crippen LogP contribution >= 0.6 is 28.1 Å². The number of nitrogens with one attached hydrogen (secondary N) is 2. The molecule has 1 aliphatic rings. The van der Waals surface area contributed by atoms with Crippen molar-refractivity contribution in [3.8, 4) is 5.69 Å². The van der Waals surface area contributed by atoms with E-state index in [2.05, 4.69) is 42.2 Å². The molecule has 0 bridgehead atoms. The predicted octanol–water partition coefficient (Wildman–Crippen LogP) is 5.78. The summed E-state index contributed by atoms with van der Waals surface area (Å²) in [7, 11) is 0. The molecule has 0 spiro atoms. The molecule has 2 atom stereocenters. The molecule has 2 unspecified atom stereocenters. The fraction of sp³-hybridized carbons (Fsp3) is 0.148. The molecule has 3 heterocycles. The lowest BCUT2D eigenvalue weighted by atomic mass is 10.0. The normalized spacial score (nSPS) is 17.2. The third-order valence-electron chi connectivity index (χ3n) is 6.10. The average molecular weight is 564 g/mol. The molecule has 1 saturated heterocycles. The number of thiocarbonyl (C=S) groups is 1. The third kappa shape index (κ3) is 5.03. The van der Waals surface area contributed by atoms with Crippen LogP contribution in [0.1, 0.15) is 29.9 Å². The van der Waals surface area contributed by atoms with Crippen LogP contribution < -0.4 is 10.6 Å². The Kier molecular flexibility index (Phi) is 7.11. The Morgan fingerprint density at radius 2 is 1.92 bits per heavy atom. The van der Waals surface area contributed by atoms with E-state index >= 15 is 0 Å². The Labute approximate surface area is 222 Å². The molecule has 9 heteroatoms. The van der Waals surface area contributed by atoms with Crippen molar-refractivity contribution in [1.82, 2.24) is 19.8 Å². The minimum absolute atomic E-state index is 0.138. The fourth-order valence-electron chi connectivity index (χ4n) is 4.46. The monoisotopic (exact) mass is 563 g/mol. The van der Waals surface area contributed by atoms with Crippen LogP contribution in [-0.2, 0) is 4.79 Å². The number of aromatic nitrogens is 2. The summed E-state index contributed by atoms with van der Waals surface area (Å²) in [6.07, 6.45) is 3.91. The van der Waals surface area contributed by atoms with Gasteiger partial charge in [0.2, 0.25) is 5.91 Å². The molecule has 6 nitrogen and oxygen atoms in total. The molecule has 1 aliphatic heterocycles. The third-order valence-corrected chi connectivity index (χ3v) is 6.94. The number of carbonyl (C=O) groups is 1. The molecule has 2 N–H and O–H groups in total. The highest BCUT2D eigenvalue weighted by Crippen LogP contribution is 2.39. The van der Waals surface area contributed by atoms with Gasteiger partial charge in [-0.25, -0.2) is 4.39 Å². The van der Waals surface area contributed by atoms with Crippen molar-refractivity contribution in [2.45, 2.75) is 18.5 Å². The maximum absolute atomic E-state index is 14.0. The number of pyridine rings is 1. The van der Waals surface area contributed by atoms with E-state index in [1.165, 1.54) is 6.07 Å². The van der Waals surface area contributed by atoms with Gasteiger partial charge in [-0.15, -0.1) is 0 Å². The number of nitrogens with zero attached hydrogens (tertiary/aromatic N) is 3. The van der Waals surface area contributed by atoms with E-state index < -0.39 is 5.82 Å². The van der Waals surface area contributed by atoms with Crippen LogP contribution in [-0.4, -0.2) is 32.0 Å². The Hall–Kier alpha value is -3.56. The number of halogens is 2. The molecular formula is C27H23BrFN5OS. The smallest absolute Gasteiger partial charge is 0.226 e. The number of carbonyl (C=O) groups excluding carboxylic acids is 1. The van der Waals surface area contributed by atoms with Crippen molar-refractivity contribution in [3.05, 3.63) is 113 Å². The SMILES string of the molecule is O=C(CCN1C(=S)NC(c2ccccn2)C1c1cccn1-c1cccc(Br)c1)Nc1ccccc1F. The van der Waals surface area contributed by atoms with E-state index in [1.807, 2.05) is 59.6 Å². The fourth-order valence-corrected chi connectivity index (χ4v) is 5.18. The summed E-state index contributed by atoms with van der Waals surface area (Å²) < 4.78 is 17.1. The van der Waals surface area contributed by atoms with E-state index in [0.717, 1.165) is 21.5 Å². The number of hydrogen-bond donors (Lipinski definition) is 2. The van der Waals surface area contributed by atoms with Crippen molar-refractivity contribution in [2.24, 2.45) is 0 Å². The minimum Gasteiger partial charge on any atom is -0.352 e. The van der Waals surface area contributed by atoms with Crippen LogP contribution in [0.25, 0.3) is 5.69 Å². The van der Waals surface area contributed by atoms with Crippen LogP contribution in [0.2, 0.25) is 0 Å². The van der Waals surface area contributed by atoms with Gasteiger partial charge < -0.3 is 20.1 Å². The van der Waals surface area contributed by atoms with Crippen molar-refractivity contribution < 1.29 is 9.18 Å². The van der Waals surface area contributed by atoms with Gasteiger partial charge in [-0.3, -0.25) is 9.78 Å². The van der Waals surface area contributed by atoms with E-state index in [-0.39, 0.29) is 30.1 Å². The summed E-state index contributed by atoms with van der Waals surface area (Å²) in [5, 5.41) is 6.61. The lowest BCUT2D eigenvalue weighted by Crippen LogP contribution is -2.33. The molecule has 36 heavy (non-hydrogen) atoms. The van der Waals surface area contributed by atoms with Gasteiger partial charge in [-0.1, -0.05) is 40.2 Å². The summed E-state index contributed by atoms with van der Waals surface area (Å²) >= 11 is 9.29. The molecule has 0 aliphatic carbocycles. The van der Waals surface area contributed by atoms with E-state index in [9.17, 15) is 9.18 Å². The standard InChI is InChI=1S/C27H23BrFN5OS/c28-18-7-5-8-19(17-18)33-15-6-12-23(33)26-25(22-11-3-4-14-30-22)32-27(36)34(26)16-13-24(35)31-21-10-2-1-9-20(21)29/h1-12,14-15,17,25-26H,13,16H2,(H,31,35)(H,32,36).